The minimum absolute atomic E-state index is 0.200. The van der Waals surface area contributed by atoms with Gasteiger partial charge in [0.15, 0.2) is 0 Å². The molecule has 0 aliphatic carbocycles. The number of morpholine rings is 1. The van der Waals surface area contributed by atoms with E-state index in [0.29, 0.717) is 24.8 Å². The highest BCUT2D eigenvalue weighted by Crippen LogP contribution is 2.25. The summed E-state index contributed by atoms with van der Waals surface area (Å²) in [6.45, 7) is 3.28. The Kier molecular flexibility index (Phi) is 5.64. The summed E-state index contributed by atoms with van der Waals surface area (Å²) in [5.41, 5.74) is 2.02. The fourth-order valence-corrected chi connectivity index (χ4v) is 4.34. The number of para-hydroxylation sites is 1. The minimum Gasteiger partial charge on any atom is -0.378 e. The maximum absolute atomic E-state index is 12.8. The predicted molar refractivity (Wildman–Crippen MR) is 99.6 cm³/mol. The van der Waals surface area contributed by atoms with E-state index >= 15 is 0 Å². The zero-order chi connectivity index (χ0) is 17.9. The molecule has 134 valence electrons. The van der Waals surface area contributed by atoms with Crippen LogP contribution < -0.4 is 4.90 Å². The quantitative estimate of drug-likeness (QED) is 0.800. The smallest absolute Gasteiger partial charge is 0.243 e. The molecule has 3 rings (SSSR count). The fourth-order valence-electron chi connectivity index (χ4n) is 2.89. The van der Waals surface area contributed by atoms with Gasteiger partial charge in [-0.1, -0.05) is 35.9 Å². The van der Waals surface area contributed by atoms with Crippen LogP contribution in [0, 0.1) is 0 Å². The van der Waals surface area contributed by atoms with Gasteiger partial charge in [0.05, 0.1) is 18.1 Å². The fraction of sp³-hybridized carbons (Fsp3) is 0.333. The second kappa shape index (κ2) is 7.74. The molecule has 0 amide bonds. The molecule has 0 bridgehead atoms. The third-order valence-electron chi connectivity index (χ3n) is 4.24. The largest absolute Gasteiger partial charge is 0.378 e. The lowest BCUT2D eigenvalue weighted by atomic mass is 10.1. The summed E-state index contributed by atoms with van der Waals surface area (Å²) in [5.74, 6) is 0. The Morgan fingerprint density at radius 2 is 1.84 bits per heavy atom. The van der Waals surface area contributed by atoms with Crippen LogP contribution in [0.2, 0.25) is 5.02 Å². The number of nitrogens with zero attached hydrogens (tertiary/aromatic N) is 2. The molecular weight excluding hydrogens is 360 g/mol. The van der Waals surface area contributed by atoms with Gasteiger partial charge >= 0.3 is 0 Å². The summed E-state index contributed by atoms with van der Waals surface area (Å²) < 4.78 is 32.4. The van der Waals surface area contributed by atoms with E-state index in [0.717, 1.165) is 24.3 Å². The molecule has 5 nitrogen and oxygen atoms in total. The Hall–Kier alpha value is -1.60. The number of hydrogen-bond donors (Lipinski definition) is 0. The van der Waals surface area contributed by atoms with Crippen molar-refractivity contribution in [2.24, 2.45) is 0 Å². The molecule has 7 heteroatoms. The summed E-state index contributed by atoms with van der Waals surface area (Å²) in [6, 6.07) is 14.2. The maximum atomic E-state index is 12.8. The Balaban J connectivity index is 1.84. The highest BCUT2D eigenvalue weighted by molar-refractivity contribution is 7.89. The van der Waals surface area contributed by atoms with E-state index in [1.54, 1.807) is 25.2 Å². The second-order valence-corrected chi connectivity index (χ2v) is 8.43. The van der Waals surface area contributed by atoms with Gasteiger partial charge in [-0.15, -0.1) is 0 Å². The topological polar surface area (TPSA) is 49.9 Å². The Morgan fingerprint density at radius 1 is 1.12 bits per heavy atom. The highest BCUT2D eigenvalue weighted by Gasteiger charge is 2.23. The lowest BCUT2D eigenvalue weighted by Gasteiger charge is -2.31. The van der Waals surface area contributed by atoms with Crippen molar-refractivity contribution in [1.82, 2.24) is 4.31 Å². The molecule has 1 saturated heterocycles. The maximum Gasteiger partial charge on any atom is 0.243 e. The first-order chi connectivity index (χ1) is 12.0. The van der Waals surface area contributed by atoms with Gasteiger partial charge < -0.3 is 9.64 Å². The summed E-state index contributed by atoms with van der Waals surface area (Å²) in [5, 5.41) is 0.406. The summed E-state index contributed by atoms with van der Waals surface area (Å²) in [6.07, 6.45) is 0. The van der Waals surface area contributed by atoms with Crippen molar-refractivity contribution in [1.29, 1.82) is 0 Å². The normalized spacial score (nSPS) is 15.6. The lowest BCUT2D eigenvalue weighted by molar-refractivity contribution is 0.122. The third-order valence-corrected chi connectivity index (χ3v) is 6.28. The van der Waals surface area contributed by atoms with Crippen LogP contribution in [0.1, 0.15) is 5.56 Å². The molecule has 0 saturated carbocycles. The van der Waals surface area contributed by atoms with Gasteiger partial charge in [-0.25, -0.2) is 8.42 Å². The van der Waals surface area contributed by atoms with Crippen LogP contribution in [0.25, 0.3) is 0 Å². The Bertz CT molecular complexity index is 836. The van der Waals surface area contributed by atoms with Crippen LogP contribution in [0.15, 0.2) is 53.4 Å². The van der Waals surface area contributed by atoms with Gasteiger partial charge in [0.25, 0.3) is 0 Å². The average molecular weight is 381 g/mol. The number of benzene rings is 2. The summed E-state index contributed by atoms with van der Waals surface area (Å²) in [4.78, 5) is 2.44. The van der Waals surface area contributed by atoms with Crippen LogP contribution in [0.4, 0.5) is 5.69 Å². The molecule has 1 heterocycles. The third kappa shape index (κ3) is 4.15. The van der Waals surface area contributed by atoms with Crippen LogP contribution in [-0.2, 0) is 21.3 Å². The van der Waals surface area contributed by atoms with E-state index < -0.39 is 10.0 Å². The van der Waals surface area contributed by atoms with Crippen LogP contribution in [-0.4, -0.2) is 46.1 Å². The molecule has 0 radical (unpaired) electrons. The molecular formula is C18H21ClN2O3S. The molecule has 0 aromatic heterocycles. The average Bonchev–Trinajstić information content (AvgIpc) is 2.63. The van der Waals surface area contributed by atoms with E-state index in [9.17, 15) is 8.42 Å². The first-order valence-corrected chi connectivity index (χ1v) is 9.93. The molecule has 25 heavy (non-hydrogen) atoms. The standard InChI is InChI=1S/C18H21ClN2O3S/c1-20(25(22,23)17-7-4-6-16(19)13-17)14-15-5-2-3-8-18(15)21-9-11-24-12-10-21/h2-8,13H,9-12,14H2,1H3. The number of rotatable bonds is 5. The van der Waals surface area contributed by atoms with Crippen molar-refractivity contribution in [3.8, 4) is 0 Å². The summed E-state index contributed by atoms with van der Waals surface area (Å²) >= 11 is 5.94. The van der Waals surface area contributed by atoms with Gasteiger partial charge in [0.2, 0.25) is 10.0 Å². The van der Waals surface area contributed by atoms with Crippen molar-refractivity contribution in [2.45, 2.75) is 11.4 Å². The van der Waals surface area contributed by atoms with Gasteiger partial charge in [0.1, 0.15) is 0 Å². The summed E-state index contributed by atoms with van der Waals surface area (Å²) in [7, 11) is -2.01. The molecule has 2 aromatic rings. The molecule has 0 atom stereocenters. The number of sulfonamides is 1. The monoisotopic (exact) mass is 380 g/mol. The van der Waals surface area contributed by atoms with Crippen LogP contribution >= 0.6 is 11.6 Å². The first-order valence-electron chi connectivity index (χ1n) is 8.11. The van der Waals surface area contributed by atoms with E-state index in [4.69, 9.17) is 16.3 Å². The Morgan fingerprint density at radius 3 is 2.56 bits per heavy atom. The van der Waals surface area contributed by atoms with Gasteiger partial charge in [-0.2, -0.15) is 4.31 Å². The number of halogens is 1. The number of anilines is 1. The molecule has 1 aliphatic heterocycles. The van der Waals surface area contributed by atoms with E-state index in [1.807, 2.05) is 24.3 Å². The van der Waals surface area contributed by atoms with Gasteiger partial charge in [-0.3, -0.25) is 0 Å². The van der Waals surface area contributed by atoms with Crippen LogP contribution in [0.5, 0.6) is 0 Å². The number of ether oxygens (including phenoxy) is 1. The van der Waals surface area contributed by atoms with Crippen molar-refractivity contribution < 1.29 is 13.2 Å². The van der Waals surface area contributed by atoms with Crippen molar-refractivity contribution in [3.63, 3.8) is 0 Å². The van der Waals surface area contributed by atoms with E-state index in [-0.39, 0.29) is 4.90 Å². The lowest BCUT2D eigenvalue weighted by Crippen LogP contribution is -2.37. The molecule has 0 N–H and O–H groups in total. The van der Waals surface area contributed by atoms with Crippen molar-refractivity contribution in [2.75, 3.05) is 38.3 Å². The minimum atomic E-state index is -3.60. The zero-order valence-corrected chi connectivity index (χ0v) is 15.6. The van der Waals surface area contributed by atoms with Crippen molar-refractivity contribution >= 4 is 27.3 Å². The molecule has 0 unspecified atom stereocenters. The van der Waals surface area contributed by atoms with E-state index in [2.05, 4.69) is 4.90 Å². The predicted octanol–water partition coefficient (Wildman–Crippen LogP) is 3.00. The van der Waals surface area contributed by atoms with E-state index in [1.165, 1.54) is 10.4 Å². The SMILES string of the molecule is CN(Cc1ccccc1N1CCOCC1)S(=O)(=O)c1cccc(Cl)c1. The van der Waals surface area contributed by atoms with Crippen LogP contribution in [0.3, 0.4) is 0 Å². The second-order valence-electron chi connectivity index (χ2n) is 5.95. The molecule has 2 aromatic carbocycles. The Labute approximate surface area is 153 Å². The molecule has 1 aliphatic rings. The highest BCUT2D eigenvalue weighted by atomic mass is 35.5. The molecule has 0 spiro atoms. The first kappa shape index (κ1) is 18.2. The van der Waals surface area contributed by atoms with Crippen molar-refractivity contribution in [3.05, 3.63) is 59.1 Å². The molecule has 1 fully saturated rings. The van der Waals surface area contributed by atoms with Gasteiger partial charge in [0, 0.05) is 37.4 Å². The van der Waals surface area contributed by atoms with Gasteiger partial charge in [-0.05, 0) is 29.8 Å². The zero-order valence-electron chi connectivity index (χ0n) is 14.1. The number of hydrogen-bond acceptors (Lipinski definition) is 4.